The van der Waals surface area contributed by atoms with Gasteiger partial charge in [-0.25, -0.2) is 0 Å². The molecule has 0 radical (unpaired) electrons. The van der Waals surface area contributed by atoms with E-state index in [1.807, 2.05) is 0 Å². The first kappa shape index (κ1) is 45.2. The zero-order valence-electron chi connectivity index (χ0n) is 40.2. The molecule has 10 rings (SSSR count). The molecule has 0 unspecified atom stereocenters. The van der Waals surface area contributed by atoms with Crippen LogP contribution in [0.1, 0.15) is 60.1 Å². The van der Waals surface area contributed by atoms with Gasteiger partial charge in [0, 0.05) is 47.5 Å². The third kappa shape index (κ3) is 9.12. The summed E-state index contributed by atoms with van der Waals surface area (Å²) in [7, 11) is 0. The minimum Gasteiger partial charge on any atom is -0.344 e. The average Bonchev–Trinajstić information content (AvgIpc) is 3.78. The number of benzene rings is 8. The van der Waals surface area contributed by atoms with Gasteiger partial charge in [-0.1, -0.05) is 232 Å². The second kappa shape index (κ2) is 20.8. The van der Waals surface area contributed by atoms with E-state index < -0.39 is 0 Å². The van der Waals surface area contributed by atoms with Crippen molar-refractivity contribution >= 4 is 38.6 Å². The van der Waals surface area contributed by atoms with Crippen molar-refractivity contribution < 1.29 is 4.58 Å². The van der Waals surface area contributed by atoms with E-state index in [1.165, 1.54) is 77.7 Å². The van der Waals surface area contributed by atoms with Crippen molar-refractivity contribution in [2.45, 2.75) is 63.2 Å². The number of anilines is 1. The third-order valence-electron chi connectivity index (χ3n) is 14.4. The van der Waals surface area contributed by atoms with Crippen LogP contribution in [0.5, 0.6) is 0 Å². The van der Waals surface area contributed by atoms with Crippen molar-refractivity contribution in [2.75, 3.05) is 18.0 Å². The van der Waals surface area contributed by atoms with E-state index in [1.54, 1.807) is 0 Å². The minimum absolute atomic E-state index is 0.279. The third-order valence-corrected chi connectivity index (χ3v) is 14.4. The summed E-state index contributed by atoms with van der Waals surface area (Å²) in [6.45, 7) is 6.50. The van der Waals surface area contributed by atoms with Crippen LogP contribution in [0.4, 0.5) is 11.4 Å². The van der Waals surface area contributed by atoms with Crippen molar-refractivity contribution in [1.82, 2.24) is 0 Å². The van der Waals surface area contributed by atoms with E-state index in [0.29, 0.717) is 0 Å². The van der Waals surface area contributed by atoms with Gasteiger partial charge in [-0.3, -0.25) is 0 Å². The summed E-state index contributed by atoms with van der Waals surface area (Å²) in [6, 6.07) is 71.8. The zero-order chi connectivity index (χ0) is 46.9. The molecule has 0 bridgehead atoms. The van der Waals surface area contributed by atoms with E-state index in [9.17, 15) is 0 Å². The maximum Gasteiger partial charge on any atom is 0.210 e. The summed E-state index contributed by atoms with van der Waals surface area (Å²) >= 11 is 0. The molecule has 8 aromatic rings. The van der Waals surface area contributed by atoms with Crippen LogP contribution in [0.25, 0.3) is 21.5 Å². The zero-order valence-corrected chi connectivity index (χ0v) is 40.2. The smallest absolute Gasteiger partial charge is 0.210 e. The first-order valence-electron chi connectivity index (χ1n) is 25.1. The summed E-state index contributed by atoms with van der Waals surface area (Å²) in [6.07, 6.45) is 26.0. The van der Waals surface area contributed by atoms with Crippen molar-refractivity contribution in [1.29, 1.82) is 0 Å². The molecule has 2 aliphatic rings. The molecule has 0 fully saturated rings. The number of hydrogen-bond acceptors (Lipinski definition) is 1. The lowest BCUT2D eigenvalue weighted by Gasteiger charge is -2.35. The predicted octanol–water partition coefficient (Wildman–Crippen LogP) is 16.0. The summed E-state index contributed by atoms with van der Waals surface area (Å²) < 4.78 is 2.62. The van der Waals surface area contributed by atoms with Gasteiger partial charge in [-0.15, -0.1) is 0 Å². The van der Waals surface area contributed by atoms with Crippen molar-refractivity contribution in [3.8, 4) is 0 Å². The van der Waals surface area contributed by atoms with Gasteiger partial charge in [0.1, 0.15) is 6.54 Å². The van der Waals surface area contributed by atoms with Gasteiger partial charge in [0.05, 0.1) is 5.41 Å². The molecule has 0 aliphatic carbocycles. The largest absolute Gasteiger partial charge is 0.344 e. The van der Waals surface area contributed by atoms with Gasteiger partial charge in [-0.05, 0) is 99.7 Å². The minimum atomic E-state index is -0.279. The lowest BCUT2D eigenvalue weighted by atomic mass is 9.68. The second-order valence-electron chi connectivity index (χ2n) is 18.9. The molecule has 2 nitrogen and oxygen atoms in total. The van der Waals surface area contributed by atoms with Gasteiger partial charge in [0.2, 0.25) is 5.69 Å². The van der Waals surface area contributed by atoms with E-state index >= 15 is 0 Å². The van der Waals surface area contributed by atoms with Gasteiger partial charge in [0.15, 0.2) is 5.71 Å². The van der Waals surface area contributed by atoms with Gasteiger partial charge >= 0.3 is 0 Å². The van der Waals surface area contributed by atoms with Crippen LogP contribution >= 0.6 is 0 Å². The quantitative estimate of drug-likeness (QED) is 0.0652. The van der Waals surface area contributed by atoms with Crippen LogP contribution in [0, 0.1) is 0 Å². The number of allylic oxidation sites excluding steroid dienone is 10. The highest BCUT2D eigenvalue weighted by molar-refractivity contribution is 6.09. The monoisotopic (exact) mass is 895 g/mol. The molecule has 0 amide bonds. The predicted molar refractivity (Wildman–Crippen MR) is 294 cm³/mol. The SMILES string of the molecule is CCCN1/C(=C/C=C/C=C/C=C/C=C/C2=[N+](CCC)c3ccc4ccccc4c3C2(Cc2ccccc2)Cc2ccccc2)C(Cc2ccccc2)(Cc2ccccc2)c2c1ccc1ccccc21. The highest BCUT2D eigenvalue weighted by Gasteiger charge is 2.52. The molecule has 2 aliphatic heterocycles. The molecule has 69 heavy (non-hydrogen) atoms. The first-order valence-corrected chi connectivity index (χ1v) is 25.1. The summed E-state index contributed by atoms with van der Waals surface area (Å²) in [5.41, 5.74) is 13.1. The summed E-state index contributed by atoms with van der Waals surface area (Å²) in [5, 5.41) is 5.27. The molecule has 0 saturated carbocycles. The molecule has 8 aromatic carbocycles. The van der Waals surface area contributed by atoms with E-state index in [2.05, 4.69) is 272 Å². The fraction of sp³-hybridized carbons (Fsp3) is 0.179. The average molecular weight is 896 g/mol. The maximum absolute atomic E-state index is 2.62. The standard InChI is InChI=1S/C67H63N2/c1-3-46-68-60-44-42-56-36-24-26-38-58(56)64(60)66(48-52-28-14-10-15-29-52,49-53-30-16-11-17-31-53)62(68)40-22-8-6-5-7-9-23-41-63-67(50-54-32-18-12-19-33-54,51-55-34-20-13-21-35-55)65-59-39-27-25-37-57(59)43-45-61(65)69(63)47-4-2/h5-45H,3-4,46-51H2,1-2H3/q+1. The number of fused-ring (bicyclic) bond motifs is 6. The van der Waals surface area contributed by atoms with Crippen molar-refractivity contribution in [3.05, 3.63) is 288 Å². The van der Waals surface area contributed by atoms with Crippen LogP contribution in [-0.2, 0) is 36.5 Å². The van der Waals surface area contributed by atoms with Gasteiger partial charge in [-0.2, -0.15) is 4.58 Å². The molecule has 0 saturated heterocycles. The van der Waals surface area contributed by atoms with Crippen LogP contribution in [0.3, 0.4) is 0 Å². The Kier molecular flexibility index (Phi) is 13.6. The Labute approximate surface area is 410 Å². The highest BCUT2D eigenvalue weighted by Crippen LogP contribution is 2.55. The van der Waals surface area contributed by atoms with Crippen LogP contribution in [-0.4, -0.2) is 23.4 Å². The topological polar surface area (TPSA) is 6.25 Å². The molecule has 2 heteroatoms. The Morgan fingerprint density at radius 2 is 0.870 bits per heavy atom. The molecule has 0 N–H and O–H groups in total. The summed E-state index contributed by atoms with van der Waals surface area (Å²) in [4.78, 5) is 2.62. The maximum atomic E-state index is 2.62. The molecular formula is C67H63N2+. The lowest BCUT2D eigenvalue weighted by molar-refractivity contribution is -0.437. The Balaban J connectivity index is 1.00. The number of rotatable bonds is 17. The number of hydrogen-bond donors (Lipinski definition) is 0. The highest BCUT2D eigenvalue weighted by atomic mass is 15.2. The van der Waals surface area contributed by atoms with E-state index in [-0.39, 0.29) is 10.8 Å². The molecule has 0 aromatic heterocycles. The van der Waals surface area contributed by atoms with Crippen molar-refractivity contribution in [2.24, 2.45) is 0 Å². The summed E-state index contributed by atoms with van der Waals surface area (Å²) in [5.74, 6) is 0. The Morgan fingerprint density at radius 3 is 1.39 bits per heavy atom. The molecule has 0 spiro atoms. The van der Waals surface area contributed by atoms with E-state index in [0.717, 1.165) is 51.6 Å². The Bertz CT molecular complexity index is 3140. The fourth-order valence-electron chi connectivity index (χ4n) is 11.7. The number of nitrogens with zero attached hydrogens (tertiary/aromatic N) is 2. The fourth-order valence-corrected chi connectivity index (χ4v) is 11.7. The van der Waals surface area contributed by atoms with Gasteiger partial charge in [0.25, 0.3) is 0 Å². The van der Waals surface area contributed by atoms with Crippen molar-refractivity contribution in [3.63, 3.8) is 0 Å². The second-order valence-corrected chi connectivity index (χ2v) is 18.9. The Morgan fingerprint density at radius 1 is 0.420 bits per heavy atom. The first-order chi connectivity index (χ1) is 34.1. The van der Waals surface area contributed by atoms with Gasteiger partial charge < -0.3 is 4.90 Å². The van der Waals surface area contributed by atoms with Crippen LogP contribution in [0.2, 0.25) is 0 Å². The van der Waals surface area contributed by atoms with Crippen LogP contribution in [0.15, 0.2) is 255 Å². The molecular weight excluding hydrogens is 833 g/mol. The molecule has 0 atom stereocenters. The van der Waals surface area contributed by atoms with Crippen LogP contribution < -0.4 is 4.90 Å². The lowest BCUT2D eigenvalue weighted by Crippen LogP contribution is -2.39. The molecule has 340 valence electrons. The normalized spacial score (nSPS) is 15.8. The molecule has 2 heterocycles. The Hall–Kier alpha value is -7.55. The van der Waals surface area contributed by atoms with E-state index in [4.69, 9.17) is 0 Å².